The molecule has 0 aliphatic carbocycles. The van der Waals surface area contributed by atoms with Crippen LogP contribution in [0.15, 0.2) is 36.4 Å². The molecule has 1 aliphatic rings. The van der Waals surface area contributed by atoms with Crippen LogP contribution in [0, 0.1) is 11.8 Å². The summed E-state index contributed by atoms with van der Waals surface area (Å²) < 4.78 is 70.8. The Bertz CT molecular complexity index is 2080. The van der Waals surface area contributed by atoms with Gasteiger partial charge in [-0.3, -0.25) is 28.9 Å². The molecule has 0 bridgehead atoms. The fourth-order valence-electron chi connectivity index (χ4n) is 7.70. The molecule has 496 valence electrons. The second-order valence-corrected chi connectivity index (χ2v) is 20.9. The Balaban J connectivity index is 1.40. The van der Waals surface area contributed by atoms with Crippen LogP contribution >= 0.6 is 0 Å². The first-order valence-corrected chi connectivity index (χ1v) is 30.0. The second-order valence-electron chi connectivity index (χ2n) is 20.9. The maximum absolute atomic E-state index is 13.6. The van der Waals surface area contributed by atoms with Gasteiger partial charge in [-0.2, -0.15) is 0 Å². The zero-order valence-electron chi connectivity index (χ0n) is 51.8. The average molecular weight is 1240 g/mol. The van der Waals surface area contributed by atoms with Crippen molar-refractivity contribution in [2.45, 2.75) is 97.8 Å². The van der Waals surface area contributed by atoms with Gasteiger partial charge in [0.05, 0.1) is 151 Å². The van der Waals surface area contributed by atoms with Crippen LogP contribution < -0.4 is 32.3 Å². The van der Waals surface area contributed by atoms with Gasteiger partial charge in [-0.05, 0) is 70.1 Å². The van der Waals surface area contributed by atoms with E-state index in [1.165, 1.54) is 12.2 Å². The van der Waals surface area contributed by atoms with Gasteiger partial charge in [0.25, 0.3) is 11.8 Å². The first-order valence-electron chi connectivity index (χ1n) is 30.0. The molecule has 0 radical (unpaired) electrons. The topological polar surface area (TPSA) is 346 Å². The van der Waals surface area contributed by atoms with Crippen molar-refractivity contribution >= 4 is 53.3 Å². The molecule has 87 heavy (non-hydrogen) atoms. The molecule has 1 aromatic carbocycles. The highest BCUT2D eigenvalue weighted by molar-refractivity contribution is 6.12. The zero-order valence-corrected chi connectivity index (χ0v) is 51.8. The first-order chi connectivity index (χ1) is 41.9. The molecule has 0 spiro atoms. The Hall–Kier alpha value is -5.92. The number of alkyl carbamates (subject to hydrolysis) is 2. The fourth-order valence-corrected chi connectivity index (χ4v) is 7.70. The number of primary amides is 1. The molecular weight excluding hydrogens is 1140 g/mol. The standard InChI is InChI=1S/C59H99N7O21/c1-46(2)54(65-51(68)11-7-6-8-21-66-52(69)16-17-53(66)70)50(67)44-48(10-9-18-61-56(60)72)55(71)64-49-14-12-47(13-15-49)45-86-57(73)62-19-22-75-24-26-77-28-30-79-32-34-81-36-38-83-40-42-85-43-41-84-39-37-82-35-33-80-31-29-78-27-25-76-23-20-63-58(74)87-59(3,4)5/h12-17,46,48,54H,6-11,18-45H2,1-5H3,(H,62,73)(H,63,74)(H,64,71)(H,65,68)(H3,60,61,72)/t48-,54+/m1/s1. The van der Waals surface area contributed by atoms with Crippen molar-refractivity contribution in [1.29, 1.82) is 0 Å². The summed E-state index contributed by atoms with van der Waals surface area (Å²) in [4.78, 5) is 99.8. The van der Waals surface area contributed by atoms with Crippen molar-refractivity contribution < 1.29 is 99.9 Å². The van der Waals surface area contributed by atoms with E-state index in [4.69, 9.17) is 67.3 Å². The van der Waals surface area contributed by atoms with Crippen LogP contribution in [0.5, 0.6) is 0 Å². The largest absolute Gasteiger partial charge is 0.445 e. The molecule has 7 N–H and O–H groups in total. The number of imide groups is 1. The minimum absolute atomic E-state index is 0.0327. The van der Waals surface area contributed by atoms with Crippen molar-refractivity contribution in [3.8, 4) is 0 Å². The van der Waals surface area contributed by atoms with Gasteiger partial charge >= 0.3 is 18.2 Å². The number of nitrogens with zero attached hydrogens (tertiary/aromatic N) is 1. The fraction of sp³-hybridized carbons (Fsp3) is 0.729. The quantitative estimate of drug-likeness (QED) is 0.0403. The lowest BCUT2D eigenvalue weighted by atomic mass is 9.89. The third-order valence-electron chi connectivity index (χ3n) is 12.1. The molecule has 0 saturated carbocycles. The summed E-state index contributed by atoms with van der Waals surface area (Å²) in [5, 5.41) is 13.4. The summed E-state index contributed by atoms with van der Waals surface area (Å²) >= 11 is 0. The summed E-state index contributed by atoms with van der Waals surface area (Å²) in [6, 6.07) is 5.11. The molecule has 28 nitrogen and oxygen atoms in total. The number of Topliss-reactive ketones (excluding diaryl/α,β-unsaturated/α-hetero) is 1. The number of anilines is 1. The van der Waals surface area contributed by atoms with Crippen molar-refractivity contribution in [1.82, 2.24) is 26.2 Å². The van der Waals surface area contributed by atoms with E-state index in [9.17, 15) is 38.4 Å². The molecule has 2 atom stereocenters. The number of hydrogen-bond donors (Lipinski definition) is 6. The predicted molar refractivity (Wildman–Crippen MR) is 318 cm³/mol. The molecule has 1 heterocycles. The highest BCUT2D eigenvalue weighted by Crippen LogP contribution is 2.20. The Morgan fingerprint density at radius 3 is 1.37 bits per heavy atom. The van der Waals surface area contributed by atoms with E-state index in [1.807, 2.05) is 0 Å². The predicted octanol–water partition coefficient (Wildman–Crippen LogP) is 3.21. The molecule has 0 saturated heterocycles. The lowest BCUT2D eigenvalue weighted by Crippen LogP contribution is -2.45. The van der Waals surface area contributed by atoms with Crippen molar-refractivity contribution in [3.63, 3.8) is 0 Å². The van der Waals surface area contributed by atoms with E-state index in [0.717, 1.165) is 4.90 Å². The SMILES string of the molecule is CC(C)[C@H](NC(=O)CCCCCN1C(=O)C=CC1=O)C(=O)C[C@@H](CCCNC(N)=O)C(=O)Nc1ccc(COC(=O)NCCOCCOCCOCCOCCOCCOCCOCCOCCOCCOCCOCCNC(=O)OC(C)(C)C)cc1. The minimum Gasteiger partial charge on any atom is -0.445 e. The van der Waals surface area contributed by atoms with Gasteiger partial charge in [0.15, 0.2) is 5.78 Å². The number of carbonyl (C=O) groups excluding carboxylic acids is 8. The van der Waals surface area contributed by atoms with Gasteiger partial charge in [-0.1, -0.05) is 32.4 Å². The molecule has 1 aliphatic heterocycles. The number of nitrogens with two attached hydrogens (primary N) is 1. The summed E-state index contributed by atoms with van der Waals surface area (Å²) in [6.07, 6.45) is 3.58. The summed E-state index contributed by atoms with van der Waals surface area (Å²) in [5.41, 5.74) is 5.78. The number of amides is 8. The molecule has 1 aromatic rings. The lowest BCUT2D eigenvalue weighted by molar-refractivity contribution is -0.137. The van der Waals surface area contributed by atoms with Crippen molar-refractivity contribution in [2.75, 3.05) is 177 Å². The Kier molecular flexibility index (Phi) is 44.4. The molecule has 0 fully saturated rings. The van der Waals surface area contributed by atoms with E-state index in [2.05, 4.69) is 26.6 Å². The molecule has 28 heteroatoms. The lowest BCUT2D eigenvalue weighted by Gasteiger charge is -2.24. The van der Waals surface area contributed by atoms with E-state index in [0.29, 0.717) is 182 Å². The average Bonchev–Trinajstić information content (AvgIpc) is 3.71. The summed E-state index contributed by atoms with van der Waals surface area (Å²) in [5.74, 6) is -2.82. The number of carbonyl (C=O) groups is 8. The Morgan fingerprint density at radius 1 is 0.529 bits per heavy atom. The van der Waals surface area contributed by atoms with E-state index < -0.39 is 41.7 Å². The van der Waals surface area contributed by atoms with Crippen LogP contribution in [0.3, 0.4) is 0 Å². The Labute approximate surface area is 512 Å². The van der Waals surface area contributed by atoms with Gasteiger partial charge < -0.3 is 93.9 Å². The number of ketones is 1. The van der Waals surface area contributed by atoms with Gasteiger partial charge in [0.2, 0.25) is 11.8 Å². The number of nitrogens with one attached hydrogen (secondary N) is 5. The Morgan fingerprint density at radius 2 is 0.954 bits per heavy atom. The van der Waals surface area contributed by atoms with Crippen LogP contribution in [-0.4, -0.2) is 236 Å². The highest BCUT2D eigenvalue weighted by Gasteiger charge is 2.30. The molecule has 0 aromatic heterocycles. The smallest absolute Gasteiger partial charge is 0.407 e. The van der Waals surface area contributed by atoms with Gasteiger partial charge in [0, 0.05) is 62.8 Å². The minimum atomic E-state index is -0.842. The maximum Gasteiger partial charge on any atom is 0.407 e. The van der Waals surface area contributed by atoms with E-state index in [1.54, 1.807) is 58.9 Å². The molecule has 0 unspecified atom stereocenters. The number of unbranched alkanes of at least 4 members (excludes halogenated alkanes) is 2. The van der Waals surface area contributed by atoms with Gasteiger partial charge in [-0.25, -0.2) is 14.4 Å². The highest BCUT2D eigenvalue weighted by atomic mass is 16.6. The first kappa shape index (κ1) is 77.2. The van der Waals surface area contributed by atoms with Crippen LogP contribution in [0.2, 0.25) is 0 Å². The molecule has 2 rings (SSSR count). The number of hydrogen-bond acceptors (Lipinski definition) is 21. The third-order valence-corrected chi connectivity index (χ3v) is 12.1. The molecule has 8 amide bonds. The summed E-state index contributed by atoms with van der Waals surface area (Å²) in [7, 11) is 0. The third kappa shape index (κ3) is 43.4. The van der Waals surface area contributed by atoms with Crippen LogP contribution in [0.25, 0.3) is 0 Å². The summed E-state index contributed by atoms with van der Waals surface area (Å²) in [6.45, 7) is 19.2. The molecular formula is C59H99N7O21. The van der Waals surface area contributed by atoms with Gasteiger partial charge in [0.1, 0.15) is 12.2 Å². The number of ether oxygens (including phenoxy) is 13. The normalized spacial score (nSPS) is 13.0. The van der Waals surface area contributed by atoms with Gasteiger partial charge in [-0.15, -0.1) is 0 Å². The second kappa shape index (κ2) is 50.0. The monoisotopic (exact) mass is 1240 g/mol. The van der Waals surface area contributed by atoms with Crippen LogP contribution in [0.1, 0.15) is 85.1 Å². The van der Waals surface area contributed by atoms with Crippen molar-refractivity contribution in [2.24, 2.45) is 17.6 Å². The van der Waals surface area contributed by atoms with E-state index in [-0.39, 0.29) is 81.5 Å². The maximum atomic E-state index is 13.6. The van der Waals surface area contributed by atoms with Crippen LogP contribution in [-0.2, 0) is 92.2 Å². The van der Waals surface area contributed by atoms with Crippen molar-refractivity contribution in [3.05, 3.63) is 42.0 Å². The number of urea groups is 1. The van der Waals surface area contributed by atoms with E-state index >= 15 is 0 Å². The zero-order chi connectivity index (χ0) is 63.6. The number of rotatable bonds is 55. The van der Waals surface area contributed by atoms with Crippen LogP contribution in [0.4, 0.5) is 20.1 Å². The number of benzene rings is 1.